The van der Waals surface area contributed by atoms with Gasteiger partial charge in [-0.1, -0.05) is 0 Å². The predicted molar refractivity (Wildman–Crippen MR) is 96.6 cm³/mol. The Labute approximate surface area is 153 Å². The predicted octanol–water partition coefficient (Wildman–Crippen LogP) is 1.94. The fraction of sp³-hybridized carbons (Fsp3) is 0.357. The molecule has 2 N–H and O–H groups in total. The molecule has 0 amide bonds. The molecule has 25 heavy (non-hydrogen) atoms. The number of esters is 2. The van der Waals surface area contributed by atoms with Crippen molar-refractivity contribution in [2.24, 2.45) is 0 Å². The van der Waals surface area contributed by atoms with Crippen LogP contribution in [-0.2, 0) is 9.47 Å². The van der Waals surface area contributed by atoms with Crippen molar-refractivity contribution in [3.8, 4) is 0 Å². The van der Waals surface area contributed by atoms with Gasteiger partial charge >= 0.3 is 11.9 Å². The monoisotopic (exact) mass is 383 g/mol. The second-order valence-corrected chi connectivity index (χ2v) is 6.07. The van der Waals surface area contributed by atoms with E-state index in [2.05, 4.69) is 20.9 Å². The van der Waals surface area contributed by atoms with Gasteiger partial charge in [0.2, 0.25) is 0 Å². The molecule has 11 heteroatoms. The van der Waals surface area contributed by atoms with E-state index < -0.39 is 11.9 Å². The molecule has 2 aromatic heterocycles. The van der Waals surface area contributed by atoms with Crippen LogP contribution in [0.15, 0.2) is 12.7 Å². The van der Waals surface area contributed by atoms with E-state index in [1.54, 1.807) is 20.8 Å². The van der Waals surface area contributed by atoms with Gasteiger partial charge in [0.1, 0.15) is 22.5 Å². The topological polar surface area (TPSA) is 107 Å². The third-order valence-electron chi connectivity index (χ3n) is 2.96. The van der Waals surface area contributed by atoms with Crippen LogP contribution in [0.25, 0.3) is 0 Å². The lowest BCUT2D eigenvalue weighted by atomic mass is 10.1. The molecular formula is C14H17N5O4S2. The lowest BCUT2D eigenvalue weighted by Gasteiger charge is -2.10. The van der Waals surface area contributed by atoms with E-state index in [0.717, 1.165) is 11.3 Å². The van der Waals surface area contributed by atoms with E-state index >= 15 is 0 Å². The lowest BCUT2D eigenvalue weighted by molar-refractivity contribution is 0.0527. The van der Waals surface area contributed by atoms with Crippen LogP contribution in [0.2, 0.25) is 0 Å². The molecular weight excluding hydrogens is 366 g/mol. The fourth-order valence-corrected chi connectivity index (χ4v) is 3.31. The number of aromatic nitrogens is 3. The zero-order valence-electron chi connectivity index (χ0n) is 13.9. The van der Waals surface area contributed by atoms with Gasteiger partial charge in [0.15, 0.2) is 5.11 Å². The van der Waals surface area contributed by atoms with Gasteiger partial charge in [-0.05, 0) is 38.6 Å². The molecule has 0 aromatic carbocycles. The van der Waals surface area contributed by atoms with Gasteiger partial charge in [-0.25, -0.2) is 14.3 Å². The molecule has 0 aliphatic heterocycles. The van der Waals surface area contributed by atoms with Crippen molar-refractivity contribution in [1.82, 2.24) is 14.9 Å². The second-order valence-electron chi connectivity index (χ2n) is 4.64. The Bertz CT molecular complexity index is 773. The van der Waals surface area contributed by atoms with Crippen LogP contribution in [0.4, 0.5) is 5.00 Å². The third-order valence-corrected chi connectivity index (χ3v) is 4.34. The molecule has 0 atom stereocenters. The number of thiocarbonyl (C=S) groups is 1. The minimum absolute atomic E-state index is 0.196. The van der Waals surface area contributed by atoms with Gasteiger partial charge < -0.3 is 14.8 Å². The Kier molecular flexibility index (Phi) is 6.42. The van der Waals surface area contributed by atoms with Gasteiger partial charge in [-0.3, -0.25) is 5.43 Å². The zero-order valence-corrected chi connectivity index (χ0v) is 15.5. The summed E-state index contributed by atoms with van der Waals surface area (Å²) in [6, 6.07) is 0. The van der Waals surface area contributed by atoms with Crippen molar-refractivity contribution in [3.05, 3.63) is 28.7 Å². The summed E-state index contributed by atoms with van der Waals surface area (Å²) >= 11 is 6.28. The molecule has 0 bridgehead atoms. The number of hydrogen-bond donors (Lipinski definition) is 2. The smallest absolute Gasteiger partial charge is 0.348 e. The Morgan fingerprint density at radius 2 is 1.80 bits per heavy atom. The molecule has 9 nitrogen and oxygen atoms in total. The first-order chi connectivity index (χ1) is 12.0. The highest BCUT2D eigenvalue weighted by Crippen LogP contribution is 2.34. The summed E-state index contributed by atoms with van der Waals surface area (Å²) < 4.78 is 11.5. The Balaban J connectivity index is 2.30. The van der Waals surface area contributed by atoms with Crippen molar-refractivity contribution in [3.63, 3.8) is 0 Å². The van der Waals surface area contributed by atoms with E-state index in [-0.39, 0.29) is 23.9 Å². The lowest BCUT2D eigenvalue weighted by Crippen LogP contribution is -2.26. The van der Waals surface area contributed by atoms with Gasteiger partial charge in [0, 0.05) is 0 Å². The number of anilines is 1. The van der Waals surface area contributed by atoms with Crippen LogP contribution in [0.1, 0.15) is 39.4 Å². The van der Waals surface area contributed by atoms with Crippen molar-refractivity contribution in [2.45, 2.75) is 20.8 Å². The maximum atomic E-state index is 12.3. The average Bonchev–Trinajstić information content (AvgIpc) is 3.15. The first-order valence-corrected chi connectivity index (χ1v) is 8.60. The summed E-state index contributed by atoms with van der Waals surface area (Å²) in [4.78, 5) is 24.7. The van der Waals surface area contributed by atoms with Crippen molar-refractivity contribution in [1.29, 1.82) is 0 Å². The summed E-state index contributed by atoms with van der Waals surface area (Å²) in [6.07, 6.45) is 2.84. The molecule has 0 saturated heterocycles. The molecule has 0 unspecified atom stereocenters. The fourth-order valence-electron chi connectivity index (χ4n) is 1.95. The number of nitrogens with zero attached hydrogens (tertiary/aromatic N) is 3. The number of thiophene rings is 1. The largest absolute Gasteiger partial charge is 0.462 e. The first kappa shape index (κ1) is 18.8. The highest BCUT2D eigenvalue weighted by molar-refractivity contribution is 7.80. The molecule has 0 saturated carbocycles. The van der Waals surface area contributed by atoms with E-state index in [0.29, 0.717) is 15.4 Å². The van der Waals surface area contributed by atoms with Crippen molar-refractivity contribution < 1.29 is 19.1 Å². The maximum Gasteiger partial charge on any atom is 0.348 e. The highest BCUT2D eigenvalue weighted by Gasteiger charge is 2.26. The first-order valence-electron chi connectivity index (χ1n) is 7.38. The molecule has 2 aromatic rings. The van der Waals surface area contributed by atoms with Crippen LogP contribution in [0.5, 0.6) is 0 Å². The normalized spacial score (nSPS) is 10.2. The summed E-state index contributed by atoms with van der Waals surface area (Å²) in [7, 11) is 0. The minimum atomic E-state index is -0.540. The molecule has 0 spiro atoms. The van der Waals surface area contributed by atoms with Crippen LogP contribution in [0.3, 0.4) is 0 Å². The number of rotatable bonds is 6. The summed E-state index contributed by atoms with van der Waals surface area (Å²) in [5.74, 6) is -1.04. The molecule has 0 fully saturated rings. The quantitative estimate of drug-likeness (QED) is 0.571. The highest BCUT2D eigenvalue weighted by atomic mass is 32.1. The SMILES string of the molecule is CCOC(=O)c1sc(NC(=S)Nn2cnnc2)c(C(=O)OCC)c1C. The standard InChI is InChI=1S/C14H17N5O4S2/c1-4-22-12(20)9-8(3)10(13(21)23-5-2)25-11(9)17-14(24)18-19-6-15-16-7-19/h6-7H,4-5H2,1-3H3,(H2,17,18,24). The minimum Gasteiger partial charge on any atom is -0.462 e. The number of ether oxygens (including phenoxy) is 2. The number of carbonyl (C=O) groups is 2. The summed E-state index contributed by atoms with van der Waals surface area (Å²) in [6.45, 7) is 5.53. The Morgan fingerprint density at radius 1 is 1.20 bits per heavy atom. The number of carbonyl (C=O) groups excluding carboxylic acids is 2. The Morgan fingerprint density at radius 3 is 2.40 bits per heavy atom. The van der Waals surface area contributed by atoms with Crippen molar-refractivity contribution in [2.75, 3.05) is 24.0 Å². The zero-order chi connectivity index (χ0) is 18.4. The van der Waals surface area contributed by atoms with Gasteiger partial charge in [-0.15, -0.1) is 21.5 Å². The van der Waals surface area contributed by atoms with E-state index in [1.807, 2.05) is 0 Å². The molecule has 2 rings (SSSR count). The molecule has 2 heterocycles. The van der Waals surface area contributed by atoms with Gasteiger partial charge in [0.25, 0.3) is 0 Å². The molecule has 0 radical (unpaired) electrons. The number of nitrogens with one attached hydrogen (secondary N) is 2. The van der Waals surface area contributed by atoms with Crippen LogP contribution < -0.4 is 10.7 Å². The van der Waals surface area contributed by atoms with Gasteiger partial charge in [0.05, 0.1) is 18.8 Å². The molecule has 0 aliphatic rings. The van der Waals surface area contributed by atoms with Crippen molar-refractivity contribution >= 4 is 45.6 Å². The van der Waals surface area contributed by atoms with E-state index in [9.17, 15) is 9.59 Å². The summed E-state index contributed by atoms with van der Waals surface area (Å²) in [5.41, 5.74) is 3.54. The Hall–Kier alpha value is -2.53. The second kappa shape index (κ2) is 8.53. The third kappa shape index (κ3) is 4.51. The molecule has 134 valence electrons. The summed E-state index contributed by atoms with van der Waals surface area (Å²) in [5, 5.41) is 10.8. The number of hydrogen-bond acceptors (Lipinski definition) is 8. The van der Waals surface area contributed by atoms with Crippen LogP contribution >= 0.6 is 23.6 Å². The van der Waals surface area contributed by atoms with Gasteiger partial charge in [-0.2, -0.15) is 0 Å². The molecule has 0 aliphatic carbocycles. The van der Waals surface area contributed by atoms with E-state index in [4.69, 9.17) is 21.7 Å². The van der Waals surface area contributed by atoms with Crippen LogP contribution in [-0.4, -0.2) is 45.1 Å². The van der Waals surface area contributed by atoms with Crippen LogP contribution in [0, 0.1) is 6.92 Å². The maximum absolute atomic E-state index is 12.3. The van der Waals surface area contributed by atoms with E-state index in [1.165, 1.54) is 17.3 Å². The average molecular weight is 383 g/mol.